The average molecular weight is 733 g/mol. The van der Waals surface area contributed by atoms with Crippen molar-refractivity contribution in [3.63, 3.8) is 0 Å². The first-order valence-corrected chi connectivity index (χ1v) is 20.8. The number of likely N-dealkylation sites (tertiary alicyclic amines) is 2. The number of nitrogens with zero attached hydrogens (tertiary/aromatic N) is 2. The number of hydrogen-bond acceptors (Lipinski definition) is 6. The third-order valence-electron chi connectivity index (χ3n) is 14.0. The molecule has 0 radical (unpaired) electrons. The number of rotatable bonds is 6. The third-order valence-corrected chi connectivity index (χ3v) is 14.0. The van der Waals surface area contributed by atoms with Gasteiger partial charge in [-0.2, -0.15) is 0 Å². The van der Waals surface area contributed by atoms with Crippen LogP contribution in [0.15, 0.2) is 79.4 Å². The van der Waals surface area contributed by atoms with Crippen LogP contribution in [0.1, 0.15) is 102 Å². The number of carbonyl (C=O) groups excluding carboxylic acids is 4. The van der Waals surface area contributed by atoms with Gasteiger partial charge in [0.25, 0.3) is 0 Å². The van der Waals surface area contributed by atoms with E-state index in [1.165, 1.54) is 24.0 Å². The second kappa shape index (κ2) is 15.7. The van der Waals surface area contributed by atoms with Gasteiger partial charge in [0, 0.05) is 12.1 Å². The molecule has 8 nitrogen and oxygen atoms in total. The smallest absolute Gasteiger partial charge is 0.236 e. The Kier molecular flexibility index (Phi) is 10.8. The van der Waals surface area contributed by atoms with Gasteiger partial charge < -0.3 is 9.47 Å². The molecule has 5 saturated heterocycles. The summed E-state index contributed by atoms with van der Waals surface area (Å²) in [7, 11) is 0. The summed E-state index contributed by atoms with van der Waals surface area (Å²) >= 11 is 0. The van der Waals surface area contributed by atoms with Crippen molar-refractivity contribution in [1.29, 1.82) is 0 Å². The summed E-state index contributed by atoms with van der Waals surface area (Å²) in [6.07, 6.45) is 17.2. The van der Waals surface area contributed by atoms with E-state index in [9.17, 15) is 19.2 Å². The van der Waals surface area contributed by atoms with Crippen LogP contribution in [0.5, 0.6) is 0 Å². The summed E-state index contributed by atoms with van der Waals surface area (Å²) in [5, 5.41) is 0. The molecule has 54 heavy (non-hydrogen) atoms. The van der Waals surface area contributed by atoms with Crippen molar-refractivity contribution in [3.05, 3.63) is 90.5 Å². The second-order valence-electron chi connectivity index (χ2n) is 16.8. The quantitative estimate of drug-likeness (QED) is 0.223. The Labute approximate surface area is 320 Å². The van der Waals surface area contributed by atoms with E-state index in [1.807, 2.05) is 54.6 Å². The summed E-state index contributed by atoms with van der Waals surface area (Å²) in [5.41, 5.74) is 2.50. The molecule has 4 amide bonds. The summed E-state index contributed by atoms with van der Waals surface area (Å²) < 4.78 is 12.0. The van der Waals surface area contributed by atoms with Gasteiger partial charge in [-0.15, -0.1) is 0 Å². The van der Waals surface area contributed by atoms with E-state index in [1.54, 1.807) is 9.80 Å². The third kappa shape index (κ3) is 6.41. The van der Waals surface area contributed by atoms with E-state index in [-0.39, 0.29) is 83.8 Å². The fraction of sp³-hybridized carbons (Fsp3) is 0.565. The summed E-state index contributed by atoms with van der Waals surface area (Å²) in [5.74, 6) is 0.213. The normalized spacial score (nSPS) is 35.7. The van der Waals surface area contributed by atoms with Crippen LogP contribution < -0.4 is 0 Å². The van der Waals surface area contributed by atoms with Crippen LogP contribution in [0.3, 0.4) is 0 Å². The van der Waals surface area contributed by atoms with Crippen molar-refractivity contribution < 1.29 is 28.7 Å². The van der Waals surface area contributed by atoms with Crippen molar-refractivity contribution >= 4 is 29.7 Å². The zero-order valence-corrected chi connectivity index (χ0v) is 31.8. The number of ether oxygens (including phenoxy) is 2. The van der Waals surface area contributed by atoms with E-state index in [2.05, 4.69) is 44.7 Å². The first kappa shape index (κ1) is 37.1. The summed E-state index contributed by atoms with van der Waals surface area (Å²) in [4.78, 5) is 54.9. The molecule has 6 heterocycles. The molecule has 8 heteroatoms. The molecule has 2 aromatic carbocycles. The molecule has 8 aliphatic rings. The number of hydrogen-bond donors (Lipinski definition) is 0. The zero-order valence-electron chi connectivity index (χ0n) is 31.8. The van der Waals surface area contributed by atoms with Crippen LogP contribution >= 0.6 is 0 Å². The van der Waals surface area contributed by atoms with Crippen LogP contribution in [0.4, 0.5) is 0 Å². The lowest BCUT2D eigenvalue weighted by molar-refractivity contribution is -0.147. The summed E-state index contributed by atoms with van der Waals surface area (Å²) in [6.45, 7) is 8.09. The Morgan fingerprint density at radius 2 is 1.11 bits per heavy atom. The van der Waals surface area contributed by atoms with E-state index >= 15 is 0 Å². The summed E-state index contributed by atoms with van der Waals surface area (Å²) in [6, 6.07) is 20.9. The standard InChI is InChI=1S/C24H31NO3.C14H17NO3.C8H8/c1-3-17(15-10-6-4-7-11-15)18-14(2)21-19-20(22(18)28-21)24(27)25(23(19)26)16-12-8-5-9-13-16;16-13-11-9-6-7-10(18-9)12(11)14(17)15(13)8-4-2-1-3-5-8;1-2-8-6-4-3-5-7-8/h4,6-7,10-11,14,16-22H,3,5,8-9,12-13H2,1-2H3;6-12H,1-5H2;2-7H,1H2. The molecule has 4 bridgehead atoms. The van der Waals surface area contributed by atoms with Crippen LogP contribution in [0.25, 0.3) is 6.08 Å². The molecule has 2 aromatic rings. The van der Waals surface area contributed by atoms with E-state index < -0.39 is 0 Å². The van der Waals surface area contributed by atoms with Crippen LogP contribution in [0.2, 0.25) is 0 Å². The molecule has 2 saturated carbocycles. The Morgan fingerprint density at radius 3 is 1.57 bits per heavy atom. The van der Waals surface area contributed by atoms with E-state index in [4.69, 9.17) is 9.47 Å². The van der Waals surface area contributed by atoms with Gasteiger partial charge in [0.15, 0.2) is 0 Å². The molecular weight excluding hydrogens is 677 g/mol. The lowest BCUT2D eigenvalue weighted by atomic mass is 9.64. The number of amides is 4. The van der Waals surface area contributed by atoms with Gasteiger partial charge in [-0.25, -0.2) is 0 Å². The van der Waals surface area contributed by atoms with E-state index in [0.29, 0.717) is 17.8 Å². The predicted molar refractivity (Wildman–Crippen MR) is 207 cm³/mol. The van der Waals surface area contributed by atoms with Gasteiger partial charge in [-0.1, -0.05) is 138 Å². The molecule has 11 atom stereocenters. The molecule has 2 aliphatic carbocycles. The van der Waals surface area contributed by atoms with Crippen molar-refractivity contribution in [2.75, 3.05) is 0 Å². The average Bonchev–Trinajstić information content (AvgIpc) is 4.07. The van der Waals surface area contributed by atoms with Gasteiger partial charge in [-0.3, -0.25) is 29.0 Å². The fourth-order valence-electron chi connectivity index (χ4n) is 11.4. The highest BCUT2D eigenvalue weighted by Gasteiger charge is 2.69. The molecule has 7 fully saturated rings. The van der Waals surface area contributed by atoms with Gasteiger partial charge in [-0.05, 0) is 61.0 Å². The van der Waals surface area contributed by atoms with Gasteiger partial charge in [0.1, 0.15) is 0 Å². The van der Waals surface area contributed by atoms with Crippen LogP contribution in [-0.2, 0) is 28.7 Å². The minimum absolute atomic E-state index is 0.0220. The molecule has 0 spiro atoms. The minimum atomic E-state index is -0.251. The highest BCUT2D eigenvalue weighted by molar-refractivity contribution is 6.07. The number of benzene rings is 2. The SMILES string of the molecule is C=Cc1ccccc1.CCC(c1ccccc1)C1C(C)C2OC1C1C(=O)N(C3CCCCC3)C(=O)C21.O=C1C2C3C=CC(O3)C2C(=O)N1C1CCCCC1. The molecule has 286 valence electrons. The topological polar surface area (TPSA) is 93.2 Å². The molecule has 10 rings (SSSR count). The molecule has 11 unspecified atom stereocenters. The van der Waals surface area contributed by atoms with Crippen LogP contribution in [0, 0.1) is 35.5 Å². The van der Waals surface area contributed by atoms with E-state index in [0.717, 1.165) is 57.8 Å². The predicted octanol–water partition coefficient (Wildman–Crippen LogP) is 7.73. The first-order valence-electron chi connectivity index (χ1n) is 20.8. The van der Waals surface area contributed by atoms with Crippen molar-refractivity contribution in [3.8, 4) is 0 Å². The van der Waals surface area contributed by atoms with Crippen molar-refractivity contribution in [1.82, 2.24) is 9.80 Å². The highest BCUT2D eigenvalue weighted by Crippen LogP contribution is 2.58. The lowest BCUT2D eigenvalue weighted by Gasteiger charge is -2.36. The van der Waals surface area contributed by atoms with Crippen LogP contribution in [-0.4, -0.2) is 69.9 Å². The molecule has 0 N–H and O–H groups in total. The van der Waals surface area contributed by atoms with Crippen molar-refractivity contribution in [2.45, 2.75) is 127 Å². The maximum atomic E-state index is 13.4. The maximum Gasteiger partial charge on any atom is 0.236 e. The number of fused-ring (bicyclic) bond motifs is 10. The Balaban J connectivity index is 0.000000135. The number of carbonyl (C=O) groups is 4. The Bertz CT molecular complexity index is 1700. The van der Waals surface area contributed by atoms with Gasteiger partial charge >= 0.3 is 0 Å². The lowest BCUT2D eigenvalue weighted by Crippen LogP contribution is -2.43. The van der Waals surface area contributed by atoms with Gasteiger partial charge in [0.05, 0.1) is 48.1 Å². The van der Waals surface area contributed by atoms with Gasteiger partial charge in [0.2, 0.25) is 23.6 Å². The second-order valence-corrected chi connectivity index (χ2v) is 16.8. The fourth-order valence-corrected chi connectivity index (χ4v) is 11.4. The first-order chi connectivity index (χ1) is 26.3. The zero-order chi connectivity index (χ0) is 37.5. The monoisotopic (exact) mass is 732 g/mol. The Hall–Kier alpha value is -3.88. The maximum absolute atomic E-state index is 13.4. The molecule has 6 aliphatic heterocycles. The highest BCUT2D eigenvalue weighted by atomic mass is 16.5. The number of imide groups is 2. The Morgan fingerprint density at radius 1 is 0.648 bits per heavy atom. The van der Waals surface area contributed by atoms with Crippen molar-refractivity contribution in [2.24, 2.45) is 35.5 Å². The minimum Gasteiger partial charge on any atom is -0.373 e. The molecule has 0 aromatic heterocycles. The largest absolute Gasteiger partial charge is 0.373 e. The molecular formula is C46H56N2O6.